The number of aromatic hydroxyl groups is 1. The van der Waals surface area contributed by atoms with Crippen molar-refractivity contribution in [3.8, 4) is 5.75 Å². The van der Waals surface area contributed by atoms with Gasteiger partial charge in [0.05, 0.1) is 16.0 Å². The van der Waals surface area contributed by atoms with Crippen LogP contribution in [0.1, 0.15) is 27.2 Å². The quantitative estimate of drug-likeness (QED) is 0.430. The van der Waals surface area contributed by atoms with Gasteiger partial charge in [-0.05, 0) is 36.8 Å². The molecular weight excluding hydrogens is 428 g/mol. The summed E-state index contributed by atoms with van der Waals surface area (Å²) >= 11 is 0. The molecule has 8 nitrogen and oxygen atoms in total. The molecule has 0 fully saturated rings. The number of carbonyl (C=O) groups is 1. The van der Waals surface area contributed by atoms with E-state index in [0.717, 1.165) is 22.2 Å². The number of nitrogens with two attached hydrogens (primary N) is 1. The predicted molar refractivity (Wildman–Crippen MR) is 122 cm³/mol. The lowest BCUT2D eigenvalue weighted by Gasteiger charge is -2.18. The maximum Gasteiger partial charge on any atom is 0.261 e. The average molecular weight is 451 g/mol. The number of carbonyl (C=O) groups excluding carboxylic acids is 1. The number of nitrogens with zero attached hydrogens (tertiary/aromatic N) is 2. The highest BCUT2D eigenvalue weighted by atomic mass is 32.2. The highest BCUT2D eigenvalue weighted by Gasteiger charge is 2.21. The van der Waals surface area contributed by atoms with E-state index in [9.17, 15) is 18.3 Å². The lowest BCUT2D eigenvalue weighted by atomic mass is 10.0. The van der Waals surface area contributed by atoms with Crippen LogP contribution in [0.4, 0.5) is 5.69 Å². The highest BCUT2D eigenvalue weighted by Crippen LogP contribution is 2.29. The molecular formula is C23H22N4O4S. The Kier molecular flexibility index (Phi) is 5.45. The molecule has 32 heavy (non-hydrogen) atoms. The van der Waals surface area contributed by atoms with Crippen molar-refractivity contribution in [3.63, 3.8) is 0 Å². The minimum Gasteiger partial charge on any atom is -0.507 e. The second-order valence-electron chi connectivity index (χ2n) is 7.66. The summed E-state index contributed by atoms with van der Waals surface area (Å²) in [7, 11) is -2.42. The molecule has 164 valence electrons. The van der Waals surface area contributed by atoms with Gasteiger partial charge in [0, 0.05) is 36.3 Å². The molecule has 1 amide bonds. The molecule has 4 rings (SSSR count). The summed E-state index contributed by atoms with van der Waals surface area (Å²) in [6.07, 6.45) is 0.586. The average Bonchev–Trinajstić information content (AvgIpc) is 3.13. The second kappa shape index (κ2) is 8.10. The van der Waals surface area contributed by atoms with E-state index in [1.165, 1.54) is 36.2 Å². The Morgan fingerprint density at radius 2 is 1.88 bits per heavy atom. The van der Waals surface area contributed by atoms with Crippen molar-refractivity contribution in [1.82, 2.24) is 10.2 Å². The van der Waals surface area contributed by atoms with Gasteiger partial charge in [0.15, 0.2) is 0 Å². The Bertz CT molecular complexity index is 1440. The molecule has 0 atom stereocenters. The molecule has 0 aliphatic carbocycles. The maximum absolute atomic E-state index is 13.2. The number of aromatic nitrogens is 2. The van der Waals surface area contributed by atoms with Crippen molar-refractivity contribution in [3.05, 3.63) is 83.0 Å². The van der Waals surface area contributed by atoms with Gasteiger partial charge in [0.1, 0.15) is 5.75 Å². The largest absolute Gasteiger partial charge is 0.507 e. The van der Waals surface area contributed by atoms with E-state index >= 15 is 0 Å². The predicted octanol–water partition coefficient (Wildman–Crippen LogP) is 3.09. The molecule has 0 aliphatic rings. The van der Waals surface area contributed by atoms with Crippen LogP contribution in [-0.2, 0) is 16.4 Å². The summed E-state index contributed by atoms with van der Waals surface area (Å²) < 4.78 is 23.3. The molecule has 0 aliphatic heterocycles. The number of aryl methyl sites for hydroxylation is 1. The Morgan fingerprint density at radius 1 is 1.12 bits per heavy atom. The Hall–Kier alpha value is -3.69. The van der Waals surface area contributed by atoms with Gasteiger partial charge in [0.25, 0.3) is 5.91 Å². The summed E-state index contributed by atoms with van der Waals surface area (Å²) in [5.74, 6) is -0.718. The smallest absolute Gasteiger partial charge is 0.261 e. The highest BCUT2D eigenvalue weighted by molar-refractivity contribution is 7.89. The van der Waals surface area contributed by atoms with Gasteiger partial charge < -0.3 is 10.0 Å². The van der Waals surface area contributed by atoms with Crippen LogP contribution >= 0.6 is 0 Å². The number of benzene rings is 3. The molecule has 0 radical (unpaired) electrons. The van der Waals surface area contributed by atoms with E-state index in [2.05, 4.69) is 16.3 Å². The first-order valence-electron chi connectivity index (χ1n) is 9.80. The van der Waals surface area contributed by atoms with Crippen LogP contribution in [-0.4, -0.2) is 36.7 Å². The fourth-order valence-corrected chi connectivity index (χ4v) is 4.15. The van der Waals surface area contributed by atoms with Crippen molar-refractivity contribution >= 4 is 32.5 Å². The van der Waals surface area contributed by atoms with Crippen molar-refractivity contribution in [2.75, 3.05) is 11.9 Å². The number of anilines is 1. The van der Waals surface area contributed by atoms with Crippen LogP contribution < -0.4 is 10.0 Å². The van der Waals surface area contributed by atoms with Crippen molar-refractivity contribution < 1.29 is 18.3 Å². The van der Waals surface area contributed by atoms with E-state index in [4.69, 9.17) is 5.14 Å². The molecule has 9 heteroatoms. The Morgan fingerprint density at radius 3 is 2.59 bits per heavy atom. The number of H-pyrrole nitrogens is 1. The van der Waals surface area contributed by atoms with Crippen LogP contribution in [0, 0.1) is 6.92 Å². The summed E-state index contributed by atoms with van der Waals surface area (Å²) in [5, 5.41) is 23.6. The fraction of sp³-hybridized carbons (Fsp3) is 0.130. The fourth-order valence-electron chi connectivity index (χ4n) is 3.60. The Labute approximate surface area is 185 Å². The number of hydrogen-bond donors (Lipinski definition) is 3. The second-order valence-corrected chi connectivity index (χ2v) is 9.22. The Balaban J connectivity index is 1.71. The van der Waals surface area contributed by atoms with Crippen LogP contribution in [0.3, 0.4) is 0 Å². The summed E-state index contributed by atoms with van der Waals surface area (Å²) in [6.45, 7) is 2.02. The molecule has 4 N–H and O–H groups in total. The van der Waals surface area contributed by atoms with E-state index in [1.807, 2.05) is 25.1 Å². The van der Waals surface area contributed by atoms with Crippen LogP contribution in [0.25, 0.3) is 10.9 Å². The zero-order chi connectivity index (χ0) is 23.0. The van der Waals surface area contributed by atoms with Gasteiger partial charge in [-0.1, -0.05) is 35.9 Å². The number of nitrogens with one attached hydrogen (secondary N) is 1. The molecule has 1 heterocycles. The molecule has 0 bridgehead atoms. The third kappa shape index (κ3) is 4.20. The maximum atomic E-state index is 13.2. The van der Waals surface area contributed by atoms with Crippen LogP contribution in [0.5, 0.6) is 5.75 Å². The van der Waals surface area contributed by atoms with E-state index in [1.54, 1.807) is 12.1 Å². The molecule has 3 aromatic carbocycles. The van der Waals surface area contributed by atoms with Crippen LogP contribution in [0.15, 0.2) is 65.6 Å². The number of amides is 1. The number of aromatic amines is 1. The minimum atomic E-state index is -3.92. The first-order chi connectivity index (χ1) is 15.1. The zero-order valence-corrected chi connectivity index (χ0v) is 18.3. The lowest BCUT2D eigenvalue weighted by molar-refractivity contribution is 0.0990. The number of phenolic OH excluding ortho intramolecular Hbond substituents is 1. The molecule has 0 saturated heterocycles. The summed E-state index contributed by atoms with van der Waals surface area (Å²) in [5.41, 5.74) is 4.00. The third-order valence-electron chi connectivity index (χ3n) is 5.28. The van der Waals surface area contributed by atoms with Gasteiger partial charge in [-0.15, -0.1) is 0 Å². The first-order valence-corrected chi connectivity index (χ1v) is 11.3. The normalized spacial score (nSPS) is 11.6. The molecule has 4 aromatic rings. The number of rotatable bonds is 5. The van der Waals surface area contributed by atoms with Crippen LogP contribution in [0.2, 0.25) is 0 Å². The summed E-state index contributed by atoms with van der Waals surface area (Å²) in [4.78, 5) is 14.3. The topological polar surface area (TPSA) is 129 Å². The molecule has 0 unspecified atom stereocenters. The number of primary sulfonamides is 1. The first kappa shape index (κ1) is 21.5. The van der Waals surface area contributed by atoms with Gasteiger partial charge >= 0.3 is 0 Å². The monoisotopic (exact) mass is 450 g/mol. The number of fused-ring (bicyclic) bond motifs is 1. The summed E-state index contributed by atoms with van der Waals surface area (Å²) in [6, 6.07) is 16.9. The van der Waals surface area contributed by atoms with Gasteiger partial charge in [-0.2, -0.15) is 5.10 Å². The van der Waals surface area contributed by atoms with Gasteiger partial charge in [-0.25, -0.2) is 13.6 Å². The van der Waals surface area contributed by atoms with Crippen molar-refractivity contribution in [2.24, 2.45) is 5.14 Å². The zero-order valence-electron chi connectivity index (χ0n) is 17.5. The standard InChI is InChI=1S/C23H22N4O4S/c1-14-5-3-6-15(9-14)10-20-18-12-19(22(28)13-21(18)26-25-20)23(29)27(2)16-7-4-8-17(11-16)32(24,30)31/h3-9,11-13,28H,10H2,1-2H3,(H,25,26)(H2,24,30,31). The number of hydrogen-bond acceptors (Lipinski definition) is 5. The van der Waals surface area contributed by atoms with E-state index in [-0.39, 0.29) is 16.2 Å². The van der Waals surface area contributed by atoms with Crippen molar-refractivity contribution in [1.29, 1.82) is 0 Å². The number of sulfonamides is 1. The molecule has 0 spiro atoms. The number of phenols is 1. The molecule has 1 aromatic heterocycles. The van der Waals surface area contributed by atoms with E-state index < -0.39 is 15.9 Å². The third-order valence-corrected chi connectivity index (χ3v) is 6.19. The van der Waals surface area contributed by atoms with Gasteiger partial charge in [-0.3, -0.25) is 9.89 Å². The van der Waals surface area contributed by atoms with E-state index in [0.29, 0.717) is 17.6 Å². The lowest BCUT2D eigenvalue weighted by Crippen LogP contribution is -2.26. The minimum absolute atomic E-state index is 0.0768. The molecule has 0 saturated carbocycles. The SMILES string of the molecule is Cc1cccc(Cc2[nH]nc3cc(O)c(C(=O)N(C)c4cccc(S(N)(=O)=O)c4)cc23)c1. The van der Waals surface area contributed by atoms with Gasteiger partial charge in [0.2, 0.25) is 10.0 Å². The van der Waals surface area contributed by atoms with Crippen molar-refractivity contribution in [2.45, 2.75) is 18.2 Å².